The van der Waals surface area contributed by atoms with Crippen LogP contribution >= 0.6 is 0 Å². The minimum atomic E-state index is -0.885. The Morgan fingerprint density at radius 2 is 2.57 bits per heavy atom. The molecule has 0 unspecified atom stereocenters. The van der Waals surface area contributed by atoms with Gasteiger partial charge in [0.25, 0.3) is 0 Å². The van der Waals surface area contributed by atoms with Crippen LogP contribution < -0.4 is 0 Å². The van der Waals surface area contributed by atoms with Crippen molar-refractivity contribution in [1.29, 1.82) is 0 Å². The summed E-state index contributed by atoms with van der Waals surface area (Å²) < 4.78 is 4.93. The Morgan fingerprint density at radius 1 is 1.79 bits per heavy atom. The summed E-state index contributed by atoms with van der Waals surface area (Å²) in [7, 11) is 0. The van der Waals surface area contributed by atoms with E-state index < -0.39 is 5.97 Å². The van der Waals surface area contributed by atoms with E-state index in [0.717, 1.165) is 0 Å². The quantitative estimate of drug-likeness (QED) is 0.436. The van der Waals surface area contributed by atoms with Gasteiger partial charge in [-0.05, 0) is 5.53 Å². The molecule has 0 saturated heterocycles. The fraction of sp³-hybridized carbons (Fsp3) is 0.429. The van der Waals surface area contributed by atoms with Crippen LogP contribution in [0.15, 0.2) is 15.8 Å². The smallest absolute Gasteiger partial charge is 0.303 e. The molecule has 1 rings (SSSR count). The molecule has 0 radical (unpaired) electrons. The van der Waals surface area contributed by atoms with Gasteiger partial charge < -0.3 is 9.52 Å². The number of azide groups is 1. The molecule has 14 heavy (non-hydrogen) atoms. The first-order valence-corrected chi connectivity index (χ1v) is 3.88. The van der Waals surface area contributed by atoms with Gasteiger partial charge in [0.15, 0.2) is 5.89 Å². The summed E-state index contributed by atoms with van der Waals surface area (Å²) in [5.74, 6) is -0.590. The van der Waals surface area contributed by atoms with E-state index in [1.165, 1.54) is 6.26 Å². The third-order valence-corrected chi connectivity index (χ3v) is 1.46. The molecule has 0 spiro atoms. The Hall–Kier alpha value is -2.01. The minimum Gasteiger partial charge on any atom is -0.481 e. The molecule has 7 nitrogen and oxygen atoms in total. The van der Waals surface area contributed by atoms with E-state index in [9.17, 15) is 4.79 Å². The van der Waals surface area contributed by atoms with Crippen LogP contribution in [-0.2, 0) is 17.8 Å². The maximum absolute atomic E-state index is 10.2. The predicted molar refractivity (Wildman–Crippen MR) is 45.3 cm³/mol. The number of rotatable bonds is 5. The minimum absolute atomic E-state index is 0.00743. The van der Waals surface area contributed by atoms with E-state index in [0.29, 0.717) is 18.0 Å². The molecular formula is C7H8N4O3. The Labute approximate surface area is 79.0 Å². The molecule has 0 amide bonds. The number of oxazole rings is 1. The maximum Gasteiger partial charge on any atom is 0.303 e. The fourth-order valence-corrected chi connectivity index (χ4v) is 0.863. The van der Waals surface area contributed by atoms with Crippen molar-refractivity contribution in [3.63, 3.8) is 0 Å². The molecule has 7 heteroatoms. The number of carboxylic acids is 1. The monoisotopic (exact) mass is 196 g/mol. The van der Waals surface area contributed by atoms with Crippen molar-refractivity contribution in [2.45, 2.75) is 19.4 Å². The molecule has 0 aliphatic rings. The van der Waals surface area contributed by atoms with E-state index in [1.54, 1.807) is 0 Å². The van der Waals surface area contributed by atoms with Gasteiger partial charge in [-0.25, -0.2) is 4.98 Å². The molecule has 74 valence electrons. The lowest BCUT2D eigenvalue weighted by Crippen LogP contribution is -1.97. The Morgan fingerprint density at radius 3 is 3.21 bits per heavy atom. The number of aromatic nitrogens is 1. The SMILES string of the molecule is [N-]=[N+]=NCc1nc(CCC(=O)O)co1. The van der Waals surface area contributed by atoms with Gasteiger partial charge in [-0.3, -0.25) is 4.79 Å². The Kier molecular flexibility index (Phi) is 3.51. The van der Waals surface area contributed by atoms with Crippen molar-refractivity contribution in [2.24, 2.45) is 5.11 Å². The average Bonchev–Trinajstić information content (AvgIpc) is 2.59. The van der Waals surface area contributed by atoms with Crippen molar-refractivity contribution in [1.82, 2.24) is 4.98 Å². The van der Waals surface area contributed by atoms with E-state index in [1.807, 2.05) is 0 Å². The van der Waals surface area contributed by atoms with Gasteiger partial charge in [-0.1, -0.05) is 5.11 Å². The lowest BCUT2D eigenvalue weighted by molar-refractivity contribution is -0.136. The summed E-state index contributed by atoms with van der Waals surface area (Å²) >= 11 is 0. The fourth-order valence-electron chi connectivity index (χ4n) is 0.863. The highest BCUT2D eigenvalue weighted by molar-refractivity contribution is 5.66. The molecule has 0 aliphatic carbocycles. The molecule has 0 atom stereocenters. The molecule has 1 aromatic rings. The van der Waals surface area contributed by atoms with E-state index in [2.05, 4.69) is 15.0 Å². The number of carbonyl (C=O) groups is 1. The van der Waals surface area contributed by atoms with Gasteiger partial charge in [0.05, 0.1) is 12.1 Å². The zero-order valence-electron chi connectivity index (χ0n) is 7.25. The first kappa shape index (κ1) is 10.1. The molecule has 1 aromatic heterocycles. The number of hydrogen-bond acceptors (Lipinski definition) is 4. The zero-order valence-corrected chi connectivity index (χ0v) is 7.25. The van der Waals surface area contributed by atoms with Crippen LogP contribution in [-0.4, -0.2) is 16.1 Å². The molecule has 0 saturated carbocycles. The predicted octanol–water partition coefficient (Wildman–Crippen LogP) is 1.50. The maximum atomic E-state index is 10.2. The van der Waals surface area contributed by atoms with Crippen LogP contribution in [0.4, 0.5) is 0 Å². The van der Waals surface area contributed by atoms with Gasteiger partial charge in [0, 0.05) is 11.3 Å². The van der Waals surface area contributed by atoms with Gasteiger partial charge in [-0.15, -0.1) is 0 Å². The number of aryl methyl sites for hydroxylation is 1. The van der Waals surface area contributed by atoms with E-state index in [-0.39, 0.29) is 13.0 Å². The highest BCUT2D eigenvalue weighted by Gasteiger charge is 2.04. The first-order valence-electron chi connectivity index (χ1n) is 3.88. The number of nitrogens with zero attached hydrogens (tertiary/aromatic N) is 4. The topological polar surface area (TPSA) is 112 Å². The molecule has 0 aromatic carbocycles. The zero-order chi connectivity index (χ0) is 10.4. The highest BCUT2D eigenvalue weighted by atomic mass is 16.4. The highest BCUT2D eigenvalue weighted by Crippen LogP contribution is 2.05. The molecule has 0 bridgehead atoms. The second kappa shape index (κ2) is 4.88. The van der Waals surface area contributed by atoms with Crippen LogP contribution in [0.3, 0.4) is 0 Å². The number of carboxylic acid groups (broad SMARTS) is 1. The standard InChI is InChI=1S/C7H8N4O3/c8-11-9-3-6-10-5(4-14-6)1-2-7(12)13/h4H,1-3H2,(H,12,13). The Bertz CT molecular complexity index is 367. The van der Waals surface area contributed by atoms with Gasteiger partial charge in [0.2, 0.25) is 0 Å². The second-order valence-electron chi connectivity index (χ2n) is 2.52. The number of aliphatic carboxylic acids is 1. The van der Waals surface area contributed by atoms with Crippen molar-refractivity contribution in [3.05, 3.63) is 28.3 Å². The summed E-state index contributed by atoms with van der Waals surface area (Å²) in [5, 5.41) is 11.7. The third kappa shape index (κ3) is 3.16. The van der Waals surface area contributed by atoms with Crippen molar-refractivity contribution in [2.75, 3.05) is 0 Å². The lowest BCUT2D eigenvalue weighted by Gasteiger charge is -1.88. The summed E-state index contributed by atoms with van der Waals surface area (Å²) in [6.07, 6.45) is 1.69. The van der Waals surface area contributed by atoms with Crippen molar-refractivity contribution < 1.29 is 14.3 Å². The van der Waals surface area contributed by atoms with Crippen molar-refractivity contribution >= 4 is 5.97 Å². The molecular weight excluding hydrogens is 188 g/mol. The normalized spacial score (nSPS) is 9.43. The third-order valence-electron chi connectivity index (χ3n) is 1.46. The molecule has 1 heterocycles. The van der Waals surface area contributed by atoms with Crippen LogP contribution in [0.25, 0.3) is 10.4 Å². The molecule has 0 aliphatic heterocycles. The lowest BCUT2D eigenvalue weighted by atomic mass is 10.2. The molecule has 1 N–H and O–H groups in total. The summed E-state index contributed by atoms with van der Waals surface area (Å²) in [4.78, 5) is 16.7. The summed E-state index contributed by atoms with van der Waals surface area (Å²) in [5.41, 5.74) is 8.57. The van der Waals surface area contributed by atoms with E-state index >= 15 is 0 Å². The first-order chi connectivity index (χ1) is 6.72. The van der Waals surface area contributed by atoms with Crippen LogP contribution in [0.1, 0.15) is 18.0 Å². The largest absolute Gasteiger partial charge is 0.481 e. The van der Waals surface area contributed by atoms with Gasteiger partial charge >= 0.3 is 5.97 Å². The molecule has 0 fully saturated rings. The van der Waals surface area contributed by atoms with E-state index in [4.69, 9.17) is 15.1 Å². The van der Waals surface area contributed by atoms with Crippen LogP contribution in [0.2, 0.25) is 0 Å². The van der Waals surface area contributed by atoms with Gasteiger partial charge in [0.1, 0.15) is 12.8 Å². The van der Waals surface area contributed by atoms with Crippen LogP contribution in [0.5, 0.6) is 0 Å². The average molecular weight is 196 g/mol. The van der Waals surface area contributed by atoms with Gasteiger partial charge in [-0.2, -0.15) is 0 Å². The van der Waals surface area contributed by atoms with Crippen molar-refractivity contribution in [3.8, 4) is 0 Å². The van der Waals surface area contributed by atoms with Crippen LogP contribution in [0, 0.1) is 0 Å². The summed E-state index contributed by atoms with van der Waals surface area (Å²) in [6, 6.07) is 0. The number of hydrogen-bond donors (Lipinski definition) is 1. The summed E-state index contributed by atoms with van der Waals surface area (Å²) in [6.45, 7) is 0.0452. The second-order valence-corrected chi connectivity index (χ2v) is 2.52. The Balaban J connectivity index is 2.50.